The van der Waals surface area contributed by atoms with E-state index in [-0.39, 0.29) is 5.91 Å². The molecule has 5 nitrogen and oxygen atoms in total. The Bertz CT molecular complexity index is 989. The maximum atomic E-state index is 12.4. The van der Waals surface area contributed by atoms with Gasteiger partial charge in [0.2, 0.25) is 0 Å². The summed E-state index contributed by atoms with van der Waals surface area (Å²) in [5, 5.41) is 12.4. The molecular weight excluding hydrogens is 356 g/mol. The molecule has 0 saturated heterocycles. The number of rotatable bonds is 4. The topological polar surface area (TPSA) is 69.0 Å². The molecule has 0 fully saturated rings. The Balaban J connectivity index is 1.42. The number of nitrogens with one attached hydrogen (secondary N) is 1. The summed E-state index contributed by atoms with van der Waals surface area (Å²) in [6.45, 7) is 2.74. The van der Waals surface area contributed by atoms with Crippen molar-refractivity contribution in [2.24, 2.45) is 0 Å². The van der Waals surface area contributed by atoms with Crippen LogP contribution in [0, 0.1) is 11.3 Å². The first-order chi connectivity index (χ1) is 13.2. The van der Waals surface area contributed by atoms with Crippen LogP contribution in [0.1, 0.15) is 32.1 Å². The summed E-state index contributed by atoms with van der Waals surface area (Å²) in [5.41, 5.74) is 3.45. The van der Waals surface area contributed by atoms with Crippen LogP contribution in [0.2, 0.25) is 0 Å². The molecular formula is C21H18N4OS. The molecule has 0 unspecified atom stereocenters. The number of hydrogen-bond acceptors (Lipinski definition) is 5. The van der Waals surface area contributed by atoms with E-state index >= 15 is 0 Å². The van der Waals surface area contributed by atoms with Gasteiger partial charge in [-0.2, -0.15) is 5.26 Å². The van der Waals surface area contributed by atoms with Crippen LogP contribution in [-0.4, -0.2) is 22.3 Å². The SMILES string of the molecule is N#Cc1ccc(C(=O)Nc2nc3c(s2)CN(Cc2ccccc2)CC3)cc1. The Kier molecular flexibility index (Phi) is 4.97. The smallest absolute Gasteiger partial charge is 0.257 e. The lowest BCUT2D eigenvalue weighted by Gasteiger charge is -2.25. The number of anilines is 1. The second-order valence-electron chi connectivity index (χ2n) is 6.48. The summed E-state index contributed by atoms with van der Waals surface area (Å²) in [5.74, 6) is -0.202. The molecule has 1 aromatic heterocycles. The molecule has 134 valence electrons. The average molecular weight is 374 g/mol. The van der Waals surface area contributed by atoms with Crippen molar-refractivity contribution in [1.82, 2.24) is 9.88 Å². The lowest BCUT2D eigenvalue weighted by molar-refractivity contribution is 0.102. The molecule has 1 aliphatic rings. The van der Waals surface area contributed by atoms with Gasteiger partial charge in [0.25, 0.3) is 5.91 Å². The zero-order valence-electron chi connectivity index (χ0n) is 14.7. The van der Waals surface area contributed by atoms with Crippen molar-refractivity contribution in [3.8, 4) is 6.07 Å². The minimum atomic E-state index is -0.202. The number of nitriles is 1. The molecule has 6 heteroatoms. The third kappa shape index (κ3) is 4.05. The summed E-state index contributed by atoms with van der Waals surface area (Å²) in [6, 6.07) is 19.1. The Morgan fingerprint density at radius 1 is 1.19 bits per heavy atom. The molecule has 0 bridgehead atoms. The van der Waals surface area contributed by atoms with Crippen LogP contribution in [0.15, 0.2) is 54.6 Å². The normalized spacial score (nSPS) is 13.6. The van der Waals surface area contributed by atoms with E-state index in [2.05, 4.69) is 45.5 Å². The van der Waals surface area contributed by atoms with Gasteiger partial charge in [0.1, 0.15) is 0 Å². The van der Waals surface area contributed by atoms with Crippen LogP contribution in [0.25, 0.3) is 0 Å². The summed E-state index contributed by atoms with van der Waals surface area (Å²) >= 11 is 1.54. The largest absolute Gasteiger partial charge is 0.298 e. The number of amides is 1. The van der Waals surface area contributed by atoms with Crippen LogP contribution in [0.5, 0.6) is 0 Å². The predicted octanol–water partition coefficient (Wildman–Crippen LogP) is 3.83. The van der Waals surface area contributed by atoms with Crippen LogP contribution < -0.4 is 5.32 Å². The van der Waals surface area contributed by atoms with Crippen molar-refractivity contribution in [1.29, 1.82) is 5.26 Å². The molecule has 2 aromatic carbocycles. The van der Waals surface area contributed by atoms with Crippen molar-refractivity contribution >= 4 is 22.4 Å². The fourth-order valence-electron chi connectivity index (χ4n) is 3.14. The second kappa shape index (κ2) is 7.70. The van der Waals surface area contributed by atoms with Crippen LogP contribution >= 0.6 is 11.3 Å². The molecule has 27 heavy (non-hydrogen) atoms. The molecule has 0 radical (unpaired) electrons. The molecule has 2 heterocycles. The minimum Gasteiger partial charge on any atom is -0.298 e. The lowest BCUT2D eigenvalue weighted by Crippen LogP contribution is -2.29. The van der Waals surface area contributed by atoms with E-state index in [1.165, 1.54) is 10.4 Å². The highest BCUT2D eigenvalue weighted by atomic mass is 32.1. The standard InChI is InChI=1S/C21H18N4OS/c22-12-15-6-8-17(9-7-15)20(26)24-21-23-18-10-11-25(14-19(18)27-21)13-16-4-2-1-3-5-16/h1-9H,10-11,13-14H2,(H,23,24,26). The monoisotopic (exact) mass is 374 g/mol. The van der Waals surface area contributed by atoms with Crippen molar-refractivity contribution in [3.63, 3.8) is 0 Å². The molecule has 4 rings (SSSR count). The van der Waals surface area contributed by atoms with Gasteiger partial charge in [-0.15, -0.1) is 11.3 Å². The van der Waals surface area contributed by atoms with Gasteiger partial charge >= 0.3 is 0 Å². The van der Waals surface area contributed by atoms with Crippen LogP contribution in [0.4, 0.5) is 5.13 Å². The number of fused-ring (bicyclic) bond motifs is 1. The van der Waals surface area contributed by atoms with Crippen LogP contribution in [0.3, 0.4) is 0 Å². The zero-order chi connectivity index (χ0) is 18.6. The van der Waals surface area contributed by atoms with Crippen molar-refractivity contribution < 1.29 is 4.79 Å². The lowest BCUT2D eigenvalue weighted by atomic mass is 10.1. The molecule has 0 spiro atoms. The zero-order valence-corrected chi connectivity index (χ0v) is 15.5. The summed E-state index contributed by atoms with van der Waals surface area (Å²) in [4.78, 5) is 20.6. The first-order valence-electron chi connectivity index (χ1n) is 8.77. The molecule has 1 amide bonds. The Morgan fingerprint density at radius 3 is 2.70 bits per heavy atom. The first kappa shape index (κ1) is 17.4. The van der Waals surface area contributed by atoms with Crippen molar-refractivity contribution in [3.05, 3.63) is 81.9 Å². The van der Waals surface area contributed by atoms with E-state index in [0.717, 1.165) is 31.7 Å². The van der Waals surface area contributed by atoms with E-state index < -0.39 is 0 Å². The third-order valence-electron chi connectivity index (χ3n) is 4.56. The maximum absolute atomic E-state index is 12.4. The van der Waals surface area contributed by atoms with Gasteiger partial charge in [-0.05, 0) is 29.8 Å². The summed E-state index contributed by atoms with van der Waals surface area (Å²) < 4.78 is 0. The molecule has 0 saturated carbocycles. The molecule has 0 atom stereocenters. The average Bonchev–Trinajstić information content (AvgIpc) is 3.10. The van der Waals surface area contributed by atoms with Gasteiger partial charge in [-0.3, -0.25) is 15.0 Å². The van der Waals surface area contributed by atoms with E-state index in [9.17, 15) is 4.79 Å². The summed E-state index contributed by atoms with van der Waals surface area (Å²) in [7, 11) is 0. The first-order valence-corrected chi connectivity index (χ1v) is 9.59. The van der Waals surface area contributed by atoms with Gasteiger partial charge in [0, 0.05) is 36.5 Å². The molecule has 3 aromatic rings. The molecule has 1 aliphatic heterocycles. The van der Waals surface area contributed by atoms with E-state index in [4.69, 9.17) is 5.26 Å². The minimum absolute atomic E-state index is 0.202. The Morgan fingerprint density at radius 2 is 1.96 bits per heavy atom. The number of hydrogen-bond donors (Lipinski definition) is 1. The Labute approximate surface area is 161 Å². The molecule has 1 N–H and O–H groups in total. The van der Waals surface area contributed by atoms with Gasteiger partial charge < -0.3 is 0 Å². The number of benzene rings is 2. The van der Waals surface area contributed by atoms with Gasteiger partial charge in [0.05, 0.1) is 17.3 Å². The van der Waals surface area contributed by atoms with Crippen LogP contribution in [-0.2, 0) is 19.5 Å². The number of aromatic nitrogens is 1. The highest BCUT2D eigenvalue weighted by Gasteiger charge is 2.21. The summed E-state index contributed by atoms with van der Waals surface area (Å²) in [6.07, 6.45) is 0.894. The highest BCUT2D eigenvalue weighted by molar-refractivity contribution is 7.15. The number of carbonyl (C=O) groups is 1. The predicted molar refractivity (Wildman–Crippen MR) is 105 cm³/mol. The van der Waals surface area contributed by atoms with Crippen molar-refractivity contribution in [2.45, 2.75) is 19.5 Å². The van der Waals surface area contributed by atoms with E-state index in [0.29, 0.717) is 16.3 Å². The van der Waals surface area contributed by atoms with Crippen molar-refractivity contribution in [2.75, 3.05) is 11.9 Å². The van der Waals surface area contributed by atoms with Gasteiger partial charge in [0.15, 0.2) is 5.13 Å². The number of thiazole rings is 1. The highest BCUT2D eigenvalue weighted by Crippen LogP contribution is 2.29. The quantitative estimate of drug-likeness (QED) is 0.754. The van der Waals surface area contributed by atoms with Gasteiger partial charge in [-0.1, -0.05) is 30.3 Å². The number of carbonyl (C=O) groups excluding carboxylic acids is 1. The third-order valence-corrected chi connectivity index (χ3v) is 5.55. The van der Waals surface area contributed by atoms with Gasteiger partial charge in [-0.25, -0.2) is 4.98 Å². The Hall–Kier alpha value is -3.01. The fourth-order valence-corrected chi connectivity index (χ4v) is 4.19. The maximum Gasteiger partial charge on any atom is 0.257 e. The molecule has 0 aliphatic carbocycles. The second-order valence-corrected chi connectivity index (χ2v) is 7.56. The van der Waals surface area contributed by atoms with E-state index in [1.807, 2.05) is 6.07 Å². The van der Waals surface area contributed by atoms with E-state index in [1.54, 1.807) is 35.6 Å². The number of nitrogens with zero attached hydrogens (tertiary/aromatic N) is 3. The fraction of sp³-hybridized carbons (Fsp3) is 0.190.